The SMILES string of the molecule is O=C(NCc1nccnc1-c1ccco1)c1ccc(-c2cccc(Cl)c2)cc1. The molecule has 4 rings (SSSR count). The minimum absolute atomic E-state index is 0.186. The van der Waals surface area contributed by atoms with Crippen molar-refractivity contribution in [3.05, 3.63) is 95.6 Å². The number of carbonyl (C=O) groups is 1. The van der Waals surface area contributed by atoms with E-state index in [1.165, 1.54) is 0 Å². The van der Waals surface area contributed by atoms with Gasteiger partial charge in [0.05, 0.1) is 18.5 Å². The number of nitrogens with zero attached hydrogens (tertiary/aromatic N) is 2. The quantitative estimate of drug-likeness (QED) is 0.522. The lowest BCUT2D eigenvalue weighted by atomic mass is 10.0. The maximum Gasteiger partial charge on any atom is 0.251 e. The number of halogens is 1. The summed E-state index contributed by atoms with van der Waals surface area (Å²) in [5.41, 5.74) is 3.81. The van der Waals surface area contributed by atoms with Crippen molar-refractivity contribution in [2.45, 2.75) is 6.54 Å². The van der Waals surface area contributed by atoms with Crippen LogP contribution < -0.4 is 5.32 Å². The second kappa shape index (κ2) is 8.06. The molecule has 1 N–H and O–H groups in total. The van der Waals surface area contributed by atoms with E-state index in [0.29, 0.717) is 27.7 Å². The monoisotopic (exact) mass is 389 g/mol. The maximum atomic E-state index is 12.5. The zero-order chi connectivity index (χ0) is 19.3. The van der Waals surface area contributed by atoms with Gasteiger partial charge in [0.1, 0.15) is 5.69 Å². The standard InChI is InChI=1S/C22H16ClN3O2/c23-18-4-1-3-17(13-18)15-6-8-16(9-7-15)22(27)26-14-19-21(25-11-10-24-19)20-5-2-12-28-20/h1-13H,14H2,(H,26,27). The first-order valence-electron chi connectivity index (χ1n) is 8.69. The van der Waals surface area contributed by atoms with Crippen LogP contribution in [0.2, 0.25) is 5.02 Å². The van der Waals surface area contributed by atoms with Crippen LogP contribution in [-0.2, 0) is 6.54 Å². The van der Waals surface area contributed by atoms with E-state index in [2.05, 4.69) is 15.3 Å². The number of aromatic nitrogens is 2. The van der Waals surface area contributed by atoms with E-state index in [-0.39, 0.29) is 12.5 Å². The molecule has 6 heteroatoms. The molecule has 0 aliphatic heterocycles. The first kappa shape index (κ1) is 17.9. The maximum absolute atomic E-state index is 12.5. The van der Waals surface area contributed by atoms with Crippen LogP contribution in [0, 0.1) is 0 Å². The fourth-order valence-corrected chi connectivity index (χ4v) is 3.05. The Labute approximate surface area is 167 Å². The third-order valence-electron chi connectivity index (χ3n) is 4.25. The van der Waals surface area contributed by atoms with E-state index < -0.39 is 0 Å². The van der Waals surface area contributed by atoms with E-state index >= 15 is 0 Å². The van der Waals surface area contributed by atoms with Crippen molar-refractivity contribution in [3.8, 4) is 22.6 Å². The molecule has 0 saturated heterocycles. The molecule has 0 aliphatic rings. The van der Waals surface area contributed by atoms with Crippen LogP contribution in [0.4, 0.5) is 0 Å². The second-order valence-corrected chi connectivity index (χ2v) is 6.54. The predicted octanol–water partition coefficient (Wildman–Crippen LogP) is 4.99. The van der Waals surface area contributed by atoms with Crippen LogP contribution in [-0.4, -0.2) is 15.9 Å². The molecule has 1 amide bonds. The lowest BCUT2D eigenvalue weighted by Gasteiger charge is -2.08. The Hall–Kier alpha value is -3.44. The topological polar surface area (TPSA) is 68.0 Å². The minimum Gasteiger partial charge on any atom is -0.463 e. The highest BCUT2D eigenvalue weighted by atomic mass is 35.5. The first-order valence-corrected chi connectivity index (χ1v) is 9.06. The van der Waals surface area contributed by atoms with Gasteiger partial charge in [0.25, 0.3) is 5.91 Å². The van der Waals surface area contributed by atoms with E-state index in [9.17, 15) is 4.79 Å². The average molecular weight is 390 g/mol. The van der Waals surface area contributed by atoms with Gasteiger partial charge in [-0.25, -0.2) is 4.98 Å². The van der Waals surface area contributed by atoms with Gasteiger partial charge in [-0.1, -0.05) is 35.9 Å². The second-order valence-electron chi connectivity index (χ2n) is 6.10. The summed E-state index contributed by atoms with van der Waals surface area (Å²) in [7, 11) is 0. The number of hydrogen-bond acceptors (Lipinski definition) is 4. The summed E-state index contributed by atoms with van der Waals surface area (Å²) in [5, 5.41) is 3.56. The Kier molecular flexibility index (Phi) is 5.17. The predicted molar refractivity (Wildman–Crippen MR) is 108 cm³/mol. The third-order valence-corrected chi connectivity index (χ3v) is 4.49. The Morgan fingerprint density at radius 3 is 2.54 bits per heavy atom. The Morgan fingerprint density at radius 2 is 1.79 bits per heavy atom. The summed E-state index contributed by atoms with van der Waals surface area (Å²) in [4.78, 5) is 21.1. The molecule has 0 bridgehead atoms. The normalized spacial score (nSPS) is 10.6. The summed E-state index contributed by atoms with van der Waals surface area (Å²) in [5.74, 6) is 0.428. The molecular weight excluding hydrogens is 374 g/mol. The van der Waals surface area contributed by atoms with Crippen molar-refractivity contribution in [1.82, 2.24) is 15.3 Å². The lowest BCUT2D eigenvalue weighted by molar-refractivity contribution is 0.0950. The molecule has 0 saturated carbocycles. The first-order chi connectivity index (χ1) is 13.7. The smallest absolute Gasteiger partial charge is 0.251 e. The molecule has 138 valence electrons. The van der Waals surface area contributed by atoms with E-state index in [0.717, 1.165) is 11.1 Å². The van der Waals surface area contributed by atoms with Crippen LogP contribution in [0.1, 0.15) is 16.1 Å². The Bertz CT molecular complexity index is 1090. The summed E-state index contributed by atoms with van der Waals surface area (Å²) in [6, 6.07) is 18.6. The van der Waals surface area contributed by atoms with Crippen molar-refractivity contribution in [3.63, 3.8) is 0 Å². The molecule has 0 unspecified atom stereocenters. The largest absolute Gasteiger partial charge is 0.463 e. The van der Waals surface area contributed by atoms with Gasteiger partial charge >= 0.3 is 0 Å². The third kappa shape index (κ3) is 3.94. The van der Waals surface area contributed by atoms with Gasteiger partial charge in [0, 0.05) is 23.0 Å². The number of benzene rings is 2. The molecule has 28 heavy (non-hydrogen) atoms. The fourth-order valence-electron chi connectivity index (χ4n) is 2.86. The molecule has 0 spiro atoms. The molecule has 0 fully saturated rings. The highest BCUT2D eigenvalue weighted by Gasteiger charge is 2.12. The highest BCUT2D eigenvalue weighted by Crippen LogP contribution is 2.23. The molecule has 5 nitrogen and oxygen atoms in total. The molecule has 0 aliphatic carbocycles. The van der Waals surface area contributed by atoms with Gasteiger partial charge in [0.2, 0.25) is 0 Å². The zero-order valence-electron chi connectivity index (χ0n) is 14.8. The number of nitrogens with one attached hydrogen (secondary N) is 1. The van der Waals surface area contributed by atoms with E-state index in [4.69, 9.17) is 16.0 Å². The Balaban J connectivity index is 1.46. The van der Waals surface area contributed by atoms with Crippen molar-refractivity contribution >= 4 is 17.5 Å². The summed E-state index contributed by atoms with van der Waals surface area (Å²) >= 11 is 6.04. The van der Waals surface area contributed by atoms with Crippen molar-refractivity contribution in [2.75, 3.05) is 0 Å². The van der Waals surface area contributed by atoms with Crippen LogP contribution >= 0.6 is 11.6 Å². The average Bonchev–Trinajstić information content (AvgIpc) is 3.27. The zero-order valence-corrected chi connectivity index (χ0v) is 15.6. The number of hydrogen-bond donors (Lipinski definition) is 1. The van der Waals surface area contributed by atoms with Gasteiger partial charge in [-0.3, -0.25) is 9.78 Å². The molecular formula is C22H16ClN3O2. The molecule has 2 aromatic carbocycles. The minimum atomic E-state index is -0.186. The number of furan rings is 1. The van der Waals surface area contributed by atoms with Crippen molar-refractivity contribution in [1.29, 1.82) is 0 Å². The van der Waals surface area contributed by atoms with Crippen molar-refractivity contribution in [2.24, 2.45) is 0 Å². The van der Waals surface area contributed by atoms with Crippen molar-refractivity contribution < 1.29 is 9.21 Å². The van der Waals surface area contributed by atoms with Gasteiger partial charge in [-0.15, -0.1) is 0 Å². The van der Waals surface area contributed by atoms with E-state index in [1.807, 2.05) is 42.5 Å². The molecule has 4 aromatic rings. The summed E-state index contributed by atoms with van der Waals surface area (Å²) < 4.78 is 5.39. The lowest BCUT2D eigenvalue weighted by Crippen LogP contribution is -2.23. The summed E-state index contributed by atoms with van der Waals surface area (Å²) in [6.45, 7) is 0.249. The van der Waals surface area contributed by atoms with Crippen LogP contribution in [0.25, 0.3) is 22.6 Å². The van der Waals surface area contributed by atoms with E-state index in [1.54, 1.807) is 36.9 Å². The molecule has 0 atom stereocenters. The fraction of sp³-hybridized carbons (Fsp3) is 0.0455. The highest BCUT2D eigenvalue weighted by molar-refractivity contribution is 6.30. The molecule has 2 aromatic heterocycles. The number of carbonyl (C=O) groups excluding carboxylic acids is 1. The molecule has 0 radical (unpaired) electrons. The Morgan fingerprint density at radius 1 is 0.964 bits per heavy atom. The van der Waals surface area contributed by atoms with Crippen LogP contribution in [0.15, 0.2) is 83.7 Å². The van der Waals surface area contributed by atoms with Gasteiger partial charge in [0.15, 0.2) is 5.76 Å². The van der Waals surface area contributed by atoms with Gasteiger partial charge in [-0.05, 0) is 47.5 Å². The van der Waals surface area contributed by atoms with Gasteiger partial charge < -0.3 is 9.73 Å². The van der Waals surface area contributed by atoms with Crippen LogP contribution in [0.5, 0.6) is 0 Å². The number of amides is 1. The van der Waals surface area contributed by atoms with Gasteiger partial charge in [-0.2, -0.15) is 0 Å². The van der Waals surface area contributed by atoms with Crippen LogP contribution in [0.3, 0.4) is 0 Å². The number of rotatable bonds is 5. The molecule has 2 heterocycles. The summed E-state index contributed by atoms with van der Waals surface area (Å²) in [6.07, 6.45) is 4.76.